The van der Waals surface area contributed by atoms with Crippen LogP contribution in [0, 0.1) is 5.82 Å². The van der Waals surface area contributed by atoms with E-state index in [0.717, 1.165) is 31.3 Å². The summed E-state index contributed by atoms with van der Waals surface area (Å²) in [6.45, 7) is 6.72. The maximum absolute atomic E-state index is 13.5. The quantitative estimate of drug-likeness (QED) is 0.790. The van der Waals surface area contributed by atoms with Crippen LogP contribution in [0.2, 0.25) is 0 Å². The number of nitrogens with zero attached hydrogens (tertiary/aromatic N) is 1. The summed E-state index contributed by atoms with van der Waals surface area (Å²) in [6.07, 6.45) is 2.23. The first-order chi connectivity index (χ1) is 8.56. The van der Waals surface area contributed by atoms with E-state index in [9.17, 15) is 9.18 Å². The van der Waals surface area contributed by atoms with Crippen LogP contribution < -0.4 is 0 Å². The third-order valence-corrected chi connectivity index (χ3v) is 2.77. The summed E-state index contributed by atoms with van der Waals surface area (Å²) in [5.74, 6) is -1.49. The first kappa shape index (κ1) is 14.4. The average molecular weight is 251 g/mol. The molecular weight excluding hydrogens is 233 g/mol. The number of carboxylic acids is 1. The predicted octanol–water partition coefficient (Wildman–Crippen LogP) is 2.77. The molecule has 0 aliphatic heterocycles. The molecule has 98 valence electrons. The average Bonchev–Trinajstić information content (AvgIpc) is 2.36. The van der Waals surface area contributed by atoms with E-state index in [0.29, 0.717) is 5.56 Å². The van der Waals surface area contributed by atoms with Crippen molar-refractivity contribution in [2.45, 2.75) is 20.4 Å². The third-order valence-electron chi connectivity index (χ3n) is 2.77. The zero-order valence-corrected chi connectivity index (χ0v) is 10.7. The molecule has 4 heteroatoms. The molecular formula is C14H18FNO2. The monoisotopic (exact) mass is 251 g/mol. The van der Waals surface area contributed by atoms with Crippen LogP contribution in [0.25, 0.3) is 6.08 Å². The van der Waals surface area contributed by atoms with E-state index in [1.807, 2.05) is 0 Å². The van der Waals surface area contributed by atoms with Gasteiger partial charge >= 0.3 is 5.97 Å². The zero-order valence-electron chi connectivity index (χ0n) is 10.7. The Balaban J connectivity index is 2.89. The molecule has 0 bridgehead atoms. The molecule has 0 aliphatic rings. The molecule has 0 saturated carbocycles. The van der Waals surface area contributed by atoms with Gasteiger partial charge in [-0.2, -0.15) is 0 Å². The first-order valence-electron chi connectivity index (χ1n) is 5.98. The van der Waals surface area contributed by atoms with Gasteiger partial charge in [-0.3, -0.25) is 4.90 Å². The van der Waals surface area contributed by atoms with E-state index < -0.39 is 11.8 Å². The normalized spacial score (nSPS) is 11.3. The molecule has 0 atom stereocenters. The standard InChI is InChI=1S/C14H18FNO2/c1-3-16(4-2)10-11-5-7-13(15)12(9-11)6-8-14(17)18/h5-9H,3-4,10H2,1-2H3,(H,17,18). The highest BCUT2D eigenvalue weighted by Gasteiger charge is 2.05. The summed E-state index contributed by atoms with van der Waals surface area (Å²) >= 11 is 0. The van der Waals surface area contributed by atoms with Gasteiger partial charge in [0.1, 0.15) is 5.82 Å². The van der Waals surface area contributed by atoms with Gasteiger partial charge < -0.3 is 5.11 Å². The molecule has 18 heavy (non-hydrogen) atoms. The molecule has 0 radical (unpaired) electrons. The van der Waals surface area contributed by atoms with Crippen LogP contribution in [0.15, 0.2) is 24.3 Å². The highest BCUT2D eigenvalue weighted by molar-refractivity contribution is 5.85. The van der Waals surface area contributed by atoms with Gasteiger partial charge in [-0.1, -0.05) is 19.9 Å². The molecule has 0 amide bonds. The maximum Gasteiger partial charge on any atom is 0.328 e. The van der Waals surface area contributed by atoms with Gasteiger partial charge in [0, 0.05) is 18.2 Å². The molecule has 0 heterocycles. The van der Waals surface area contributed by atoms with E-state index >= 15 is 0 Å². The number of halogens is 1. The number of hydrogen-bond acceptors (Lipinski definition) is 2. The van der Waals surface area contributed by atoms with Gasteiger partial charge in [0.15, 0.2) is 0 Å². The zero-order chi connectivity index (χ0) is 13.5. The van der Waals surface area contributed by atoms with Gasteiger partial charge in [0.25, 0.3) is 0 Å². The van der Waals surface area contributed by atoms with Crippen molar-refractivity contribution in [3.05, 3.63) is 41.2 Å². The van der Waals surface area contributed by atoms with E-state index in [1.54, 1.807) is 12.1 Å². The number of aliphatic carboxylic acids is 1. The largest absolute Gasteiger partial charge is 0.478 e. The Morgan fingerprint density at radius 2 is 2.06 bits per heavy atom. The van der Waals surface area contributed by atoms with Crippen molar-refractivity contribution >= 4 is 12.0 Å². The van der Waals surface area contributed by atoms with Crippen LogP contribution in [0.4, 0.5) is 4.39 Å². The summed E-state index contributed by atoms with van der Waals surface area (Å²) in [5.41, 5.74) is 1.28. The minimum Gasteiger partial charge on any atom is -0.478 e. The molecule has 1 aromatic rings. The fraction of sp³-hybridized carbons (Fsp3) is 0.357. The van der Waals surface area contributed by atoms with Crippen LogP contribution in [0.3, 0.4) is 0 Å². The molecule has 1 aromatic carbocycles. The fourth-order valence-corrected chi connectivity index (χ4v) is 1.69. The summed E-state index contributed by atoms with van der Waals surface area (Å²) in [4.78, 5) is 12.6. The van der Waals surface area contributed by atoms with Crippen LogP contribution in [-0.4, -0.2) is 29.1 Å². The lowest BCUT2D eigenvalue weighted by Gasteiger charge is -2.18. The Kier molecular flexibility index (Phi) is 5.52. The SMILES string of the molecule is CCN(CC)Cc1ccc(F)c(C=CC(=O)O)c1. The number of hydrogen-bond donors (Lipinski definition) is 1. The van der Waals surface area contributed by atoms with Crippen molar-refractivity contribution < 1.29 is 14.3 Å². The minimum absolute atomic E-state index is 0.307. The molecule has 1 N–H and O–H groups in total. The van der Waals surface area contributed by atoms with Crippen LogP contribution in [0.5, 0.6) is 0 Å². The summed E-state index contributed by atoms with van der Waals surface area (Å²) in [6, 6.07) is 4.79. The number of carboxylic acid groups (broad SMARTS) is 1. The summed E-state index contributed by atoms with van der Waals surface area (Å²) in [7, 11) is 0. The Morgan fingerprint density at radius 1 is 1.39 bits per heavy atom. The van der Waals surface area contributed by atoms with Crippen molar-refractivity contribution in [1.82, 2.24) is 4.90 Å². The van der Waals surface area contributed by atoms with Gasteiger partial charge in [0.2, 0.25) is 0 Å². The smallest absolute Gasteiger partial charge is 0.328 e. The lowest BCUT2D eigenvalue weighted by atomic mass is 10.1. The van der Waals surface area contributed by atoms with Crippen molar-refractivity contribution in [3.8, 4) is 0 Å². The predicted molar refractivity (Wildman–Crippen MR) is 69.7 cm³/mol. The van der Waals surface area contributed by atoms with E-state index in [2.05, 4.69) is 18.7 Å². The van der Waals surface area contributed by atoms with Crippen molar-refractivity contribution in [1.29, 1.82) is 0 Å². The Bertz CT molecular complexity index is 439. The lowest BCUT2D eigenvalue weighted by molar-refractivity contribution is -0.131. The molecule has 1 rings (SSSR count). The van der Waals surface area contributed by atoms with Gasteiger partial charge in [-0.25, -0.2) is 9.18 Å². The molecule has 3 nitrogen and oxygen atoms in total. The highest BCUT2D eigenvalue weighted by Crippen LogP contribution is 2.14. The molecule has 0 aromatic heterocycles. The molecule has 0 saturated heterocycles. The maximum atomic E-state index is 13.5. The topological polar surface area (TPSA) is 40.5 Å². The Hall–Kier alpha value is -1.68. The Morgan fingerprint density at radius 3 is 2.61 bits per heavy atom. The van der Waals surface area contributed by atoms with Gasteiger partial charge in [-0.05, 0) is 36.9 Å². The summed E-state index contributed by atoms with van der Waals surface area (Å²) < 4.78 is 13.5. The number of rotatable bonds is 6. The van der Waals surface area contributed by atoms with E-state index in [-0.39, 0.29) is 0 Å². The number of benzene rings is 1. The van der Waals surface area contributed by atoms with Crippen LogP contribution >= 0.6 is 0 Å². The van der Waals surface area contributed by atoms with Gasteiger partial charge in [0.05, 0.1) is 0 Å². The van der Waals surface area contributed by atoms with E-state index in [4.69, 9.17) is 5.11 Å². The van der Waals surface area contributed by atoms with Crippen LogP contribution in [0.1, 0.15) is 25.0 Å². The lowest BCUT2D eigenvalue weighted by Crippen LogP contribution is -2.22. The third kappa shape index (κ3) is 4.30. The molecule has 0 spiro atoms. The van der Waals surface area contributed by atoms with Gasteiger partial charge in [-0.15, -0.1) is 0 Å². The molecule has 0 unspecified atom stereocenters. The van der Waals surface area contributed by atoms with E-state index in [1.165, 1.54) is 12.1 Å². The second-order valence-electron chi connectivity index (χ2n) is 3.99. The number of carbonyl (C=O) groups is 1. The highest BCUT2D eigenvalue weighted by atomic mass is 19.1. The summed E-state index contributed by atoms with van der Waals surface area (Å²) in [5, 5.41) is 8.54. The van der Waals surface area contributed by atoms with Crippen LogP contribution in [-0.2, 0) is 11.3 Å². The molecule has 0 aliphatic carbocycles. The minimum atomic E-state index is -1.08. The van der Waals surface area contributed by atoms with Crippen molar-refractivity contribution in [2.24, 2.45) is 0 Å². The second kappa shape index (κ2) is 6.91. The fourth-order valence-electron chi connectivity index (χ4n) is 1.69. The van der Waals surface area contributed by atoms with Crippen molar-refractivity contribution in [3.63, 3.8) is 0 Å². The first-order valence-corrected chi connectivity index (χ1v) is 5.98. The Labute approximate surface area is 107 Å². The van der Waals surface area contributed by atoms with Crippen molar-refractivity contribution in [2.75, 3.05) is 13.1 Å². The molecule has 0 fully saturated rings. The second-order valence-corrected chi connectivity index (χ2v) is 3.99.